The highest BCUT2D eigenvalue weighted by Gasteiger charge is 2.06. The van der Waals surface area contributed by atoms with Crippen LogP contribution in [0.5, 0.6) is 0 Å². The number of hydrogen-bond donors (Lipinski definition) is 0. The van der Waals surface area contributed by atoms with Gasteiger partial charge in [-0.25, -0.2) is 9.42 Å². The first-order valence-electron chi connectivity index (χ1n) is 6.74. The normalized spacial score (nSPS) is 11.5. The van der Waals surface area contributed by atoms with Crippen LogP contribution in [-0.4, -0.2) is 20.7 Å². The third kappa shape index (κ3) is 3.17. The van der Waals surface area contributed by atoms with Crippen molar-refractivity contribution in [1.29, 1.82) is 0 Å². The second-order valence-electron chi connectivity index (χ2n) is 4.70. The summed E-state index contributed by atoms with van der Waals surface area (Å²) < 4.78 is 2.69. The monoisotopic (exact) mass is 277 g/mol. The van der Waals surface area contributed by atoms with Crippen molar-refractivity contribution < 1.29 is 4.74 Å². The maximum absolute atomic E-state index is 12.1. The molecule has 0 aliphatic heterocycles. The lowest BCUT2D eigenvalue weighted by Crippen LogP contribution is -2.08. The lowest BCUT2D eigenvalue weighted by molar-refractivity contribution is -0.469. The molecular formula is C17H15N3O. The molecule has 1 heterocycles. The summed E-state index contributed by atoms with van der Waals surface area (Å²) in [7, 11) is 0. The molecule has 2 aromatic carbocycles. The fourth-order valence-electron chi connectivity index (χ4n) is 2.18. The van der Waals surface area contributed by atoms with Gasteiger partial charge < -0.3 is 5.21 Å². The Bertz CT molecular complexity index is 734. The molecule has 0 radical (unpaired) electrons. The Balaban J connectivity index is 1.89. The minimum atomic E-state index is 0.328. The molecular weight excluding hydrogens is 262 g/mol. The third-order valence-electron chi connectivity index (χ3n) is 3.15. The predicted molar refractivity (Wildman–Crippen MR) is 82.5 cm³/mol. The van der Waals surface area contributed by atoms with Gasteiger partial charge in [-0.05, 0) is 18.2 Å². The van der Waals surface area contributed by atoms with Crippen LogP contribution >= 0.6 is 0 Å². The molecule has 0 bridgehead atoms. The van der Waals surface area contributed by atoms with E-state index in [9.17, 15) is 5.21 Å². The summed E-state index contributed by atoms with van der Waals surface area (Å²) in [5.41, 5.74) is 2.71. The van der Waals surface area contributed by atoms with E-state index in [4.69, 9.17) is 0 Å². The highest BCUT2D eigenvalue weighted by molar-refractivity contribution is 5.81. The maximum Gasteiger partial charge on any atom is 0.184 e. The summed E-state index contributed by atoms with van der Waals surface area (Å²) >= 11 is 0. The van der Waals surface area contributed by atoms with Gasteiger partial charge in [-0.1, -0.05) is 42.5 Å². The lowest BCUT2D eigenvalue weighted by Gasteiger charge is -2.07. The second kappa shape index (κ2) is 6.05. The molecule has 0 saturated heterocycles. The lowest BCUT2D eigenvalue weighted by atomic mass is 10.2. The average Bonchev–Trinajstić information content (AvgIpc) is 3.03. The van der Waals surface area contributed by atoms with Gasteiger partial charge in [-0.3, -0.25) is 0 Å². The van der Waals surface area contributed by atoms with Crippen LogP contribution in [0.4, 0.5) is 0 Å². The Morgan fingerprint density at radius 1 is 1.00 bits per heavy atom. The molecule has 0 fully saturated rings. The minimum absolute atomic E-state index is 0.328. The van der Waals surface area contributed by atoms with E-state index in [0.29, 0.717) is 6.54 Å². The number of hydrogen-bond acceptors (Lipinski definition) is 2. The highest BCUT2D eigenvalue weighted by atomic mass is 16.5. The molecule has 0 aliphatic carbocycles. The maximum atomic E-state index is 12.1. The van der Waals surface area contributed by atoms with Crippen molar-refractivity contribution in [2.24, 2.45) is 0 Å². The molecule has 0 spiro atoms. The molecule has 4 nitrogen and oxygen atoms in total. The van der Waals surface area contributed by atoms with E-state index in [-0.39, 0.29) is 0 Å². The summed E-state index contributed by atoms with van der Waals surface area (Å²) in [6.07, 6.45) is 5.18. The van der Waals surface area contributed by atoms with E-state index in [1.807, 2.05) is 66.9 Å². The van der Waals surface area contributed by atoms with Crippen LogP contribution in [-0.2, 0) is 6.54 Å². The summed E-state index contributed by atoms with van der Waals surface area (Å²) in [6, 6.07) is 19.2. The molecule has 21 heavy (non-hydrogen) atoms. The van der Waals surface area contributed by atoms with Gasteiger partial charge in [0.15, 0.2) is 12.8 Å². The number of benzene rings is 2. The van der Waals surface area contributed by atoms with E-state index < -0.39 is 0 Å². The zero-order valence-electron chi connectivity index (χ0n) is 11.5. The van der Waals surface area contributed by atoms with Crippen LogP contribution in [0.3, 0.4) is 0 Å². The van der Waals surface area contributed by atoms with Gasteiger partial charge in [0, 0.05) is 18.0 Å². The van der Waals surface area contributed by atoms with Crippen LogP contribution in [0, 0.1) is 5.21 Å². The molecule has 0 amide bonds. The number of nitrogens with zero attached hydrogens (tertiary/aromatic N) is 3. The van der Waals surface area contributed by atoms with Crippen LogP contribution in [0.1, 0.15) is 11.1 Å². The van der Waals surface area contributed by atoms with Crippen LogP contribution in [0.25, 0.3) is 5.69 Å². The average molecular weight is 277 g/mol. The molecule has 3 rings (SSSR count). The van der Waals surface area contributed by atoms with Crippen molar-refractivity contribution in [1.82, 2.24) is 9.78 Å². The number of aromatic nitrogens is 2. The van der Waals surface area contributed by atoms with Gasteiger partial charge >= 0.3 is 0 Å². The molecule has 0 atom stereocenters. The smallest absolute Gasteiger partial charge is 0.184 e. The van der Waals surface area contributed by atoms with Gasteiger partial charge in [0.1, 0.15) is 0 Å². The van der Waals surface area contributed by atoms with Gasteiger partial charge in [0.05, 0.1) is 11.3 Å². The van der Waals surface area contributed by atoms with Crippen molar-refractivity contribution in [2.45, 2.75) is 6.54 Å². The van der Waals surface area contributed by atoms with E-state index in [2.05, 4.69) is 5.10 Å². The molecule has 104 valence electrons. The van der Waals surface area contributed by atoms with Crippen molar-refractivity contribution in [3.63, 3.8) is 0 Å². The van der Waals surface area contributed by atoms with E-state index >= 15 is 0 Å². The Hall–Kier alpha value is -2.88. The SMILES string of the molecule is [O-][N+](=Cc1ccccc1-n1cccn1)Cc1ccccc1. The van der Waals surface area contributed by atoms with Crippen molar-refractivity contribution >= 4 is 6.21 Å². The third-order valence-corrected chi connectivity index (χ3v) is 3.15. The zero-order chi connectivity index (χ0) is 14.5. The number of hydroxylamine groups is 1. The van der Waals surface area contributed by atoms with E-state index in [0.717, 1.165) is 21.6 Å². The summed E-state index contributed by atoms with van der Waals surface area (Å²) in [6.45, 7) is 0.328. The topological polar surface area (TPSA) is 43.9 Å². The quantitative estimate of drug-likeness (QED) is 0.318. The molecule has 0 saturated carbocycles. The predicted octanol–water partition coefficient (Wildman–Crippen LogP) is 3.00. The number of rotatable bonds is 4. The molecule has 1 aromatic heterocycles. The first-order chi connectivity index (χ1) is 10.3. The van der Waals surface area contributed by atoms with Crippen LogP contribution < -0.4 is 0 Å². The first kappa shape index (κ1) is 13.1. The van der Waals surface area contributed by atoms with Crippen molar-refractivity contribution in [3.05, 3.63) is 89.4 Å². The summed E-state index contributed by atoms with van der Waals surface area (Å²) in [4.78, 5) is 0. The van der Waals surface area contributed by atoms with E-state index in [1.165, 1.54) is 0 Å². The Morgan fingerprint density at radius 2 is 1.76 bits per heavy atom. The largest absolute Gasteiger partial charge is 0.624 e. The van der Waals surface area contributed by atoms with Gasteiger partial charge in [0.25, 0.3) is 0 Å². The van der Waals surface area contributed by atoms with Gasteiger partial charge in [-0.15, -0.1) is 0 Å². The summed E-state index contributed by atoms with van der Waals surface area (Å²) in [5.74, 6) is 0. The molecule has 0 N–H and O–H groups in total. The molecule has 0 unspecified atom stereocenters. The fraction of sp³-hybridized carbons (Fsp3) is 0.0588. The molecule has 0 aliphatic rings. The van der Waals surface area contributed by atoms with Crippen LogP contribution in [0.2, 0.25) is 0 Å². The standard InChI is InChI=1S/C17H15N3O/c21-19(13-15-7-2-1-3-8-15)14-16-9-4-5-10-17(16)20-12-6-11-18-20/h1-12,14H,13H2. The zero-order valence-corrected chi connectivity index (χ0v) is 11.5. The Labute approximate surface area is 123 Å². The highest BCUT2D eigenvalue weighted by Crippen LogP contribution is 2.11. The van der Waals surface area contributed by atoms with Crippen molar-refractivity contribution in [3.8, 4) is 5.69 Å². The second-order valence-corrected chi connectivity index (χ2v) is 4.70. The van der Waals surface area contributed by atoms with Crippen LogP contribution in [0.15, 0.2) is 73.1 Å². The first-order valence-corrected chi connectivity index (χ1v) is 6.74. The fourth-order valence-corrected chi connectivity index (χ4v) is 2.18. The Morgan fingerprint density at radius 3 is 2.52 bits per heavy atom. The van der Waals surface area contributed by atoms with Gasteiger partial charge in [0.2, 0.25) is 0 Å². The van der Waals surface area contributed by atoms with Gasteiger partial charge in [-0.2, -0.15) is 5.10 Å². The molecule has 3 aromatic rings. The Kier molecular flexibility index (Phi) is 3.78. The molecule has 4 heteroatoms. The van der Waals surface area contributed by atoms with Crippen molar-refractivity contribution in [2.75, 3.05) is 0 Å². The van der Waals surface area contributed by atoms with E-state index in [1.54, 1.807) is 17.1 Å². The summed E-state index contributed by atoms with van der Waals surface area (Å²) in [5, 5.41) is 16.3. The number of para-hydroxylation sites is 1. The minimum Gasteiger partial charge on any atom is -0.624 e.